The number of carbonyl (C=O) groups is 1. The quantitative estimate of drug-likeness (QED) is 0.804. The number of amides is 1. The Hall–Kier alpha value is -2.00. The maximum absolute atomic E-state index is 12.7. The average molecular weight is 379 g/mol. The van der Waals surface area contributed by atoms with E-state index in [1.165, 1.54) is 22.2 Å². The minimum atomic E-state index is -0.203. The van der Waals surface area contributed by atoms with Crippen molar-refractivity contribution in [3.8, 4) is 0 Å². The molecule has 0 aromatic carbocycles. The van der Waals surface area contributed by atoms with Gasteiger partial charge in [0.1, 0.15) is 17.6 Å². The van der Waals surface area contributed by atoms with Gasteiger partial charge in [0.25, 0.3) is 5.56 Å². The second-order valence-corrected chi connectivity index (χ2v) is 7.60. The third kappa shape index (κ3) is 4.04. The number of fused-ring (bicyclic) bond motifs is 1. The number of rotatable bonds is 6. The first-order valence-electron chi connectivity index (χ1n) is 9.14. The monoisotopic (exact) mass is 378 g/mol. The highest BCUT2D eigenvalue weighted by Gasteiger charge is 2.20. The van der Waals surface area contributed by atoms with E-state index < -0.39 is 0 Å². The van der Waals surface area contributed by atoms with Gasteiger partial charge in [-0.25, -0.2) is 4.98 Å². The van der Waals surface area contributed by atoms with Crippen molar-refractivity contribution in [3.05, 3.63) is 16.7 Å². The van der Waals surface area contributed by atoms with Gasteiger partial charge in [0.2, 0.25) is 5.91 Å². The molecule has 3 heterocycles. The highest BCUT2D eigenvalue weighted by molar-refractivity contribution is 7.22. The van der Waals surface area contributed by atoms with Crippen molar-refractivity contribution in [2.24, 2.45) is 0 Å². The topological polar surface area (TPSA) is 83.4 Å². The second-order valence-electron chi connectivity index (χ2n) is 6.62. The summed E-state index contributed by atoms with van der Waals surface area (Å²) in [6.07, 6.45) is 2.26. The van der Waals surface area contributed by atoms with E-state index in [2.05, 4.69) is 32.0 Å². The molecule has 1 atom stereocenters. The summed E-state index contributed by atoms with van der Waals surface area (Å²) in [4.78, 5) is 38.2. The van der Waals surface area contributed by atoms with Crippen LogP contribution in [0.1, 0.15) is 27.2 Å². The van der Waals surface area contributed by atoms with Crippen LogP contribution in [0.15, 0.2) is 11.1 Å². The Morgan fingerprint density at radius 1 is 1.31 bits per heavy atom. The van der Waals surface area contributed by atoms with E-state index in [4.69, 9.17) is 0 Å². The van der Waals surface area contributed by atoms with Crippen molar-refractivity contribution in [2.75, 3.05) is 37.6 Å². The number of hydrogen-bond donors (Lipinski definition) is 1. The van der Waals surface area contributed by atoms with Crippen molar-refractivity contribution in [1.82, 2.24) is 24.8 Å². The first-order chi connectivity index (χ1) is 12.5. The highest BCUT2D eigenvalue weighted by Crippen LogP contribution is 2.26. The maximum Gasteiger partial charge on any atom is 0.273 e. The normalized spacial score (nSPS) is 16.8. The molecular formula is C17H26N6O2S. The molecule has 3 rings (SSSR count). The molecule has 26 heavy (non-hydrogen) atoms. The predicted octanol–water partition coefficient (Wildman–Crippen LogP) is 0.910. The Balaban J connectivity index is 1.77. The number of piperazine rings is 1. The number of nitrogens with one attached hydrogen (secondary N) is 1. The summed E-state index contributed by atoms with van der Waals surface area (Å²) < 4.78 is 1.87. The lowest BCUT2D eigenvalue weighted by atomic mass is 10.2. The van der Waals surface area contributed by atoms with E-state index >= 15 is 0 Å². The van der Waals surface area contributed by atoms with E-state index in [1.54, 1.807) is 0 Å². The minimum absolute atomic E-state index is 0.0193. The molecule has 0 saturated carbocycles. The summed E-state index contributed by atoms with van der Waals surface area (Å²) in [7, 11) is 0. The lowest BCUT2D eigenvalue weighted by Gasteiger charge is -2.33. The van der Waals surface area contributed by atoms with Crippen LogP contribution in [-0.4, -0.2) is 64.1 Å². The van der Waals surface area contributed by atoms with Gasteiger partial charge < -0.3 is 15.1 Å². The van der Waals surface area contributed by atoms with E-state index in [9.17, 15) is 9.59 Å². The number of likely N-dealkylation sites (N-methyl/N-ethyl adjacent to an activating group) is 1. The van der Waals surface area contributed by atoms with Gasteiger partial charge in [-0.2, -0.15) is 4.98 Å². The van der Waals surface area contributed by atoms with Crippen molar-refractivity contribution in [1.29, 1.82) is 0 Å². The molecule has 1 N–H and O–H groups in total. The van der Waals surface area contributed by atoms with Gasteiger partial charge >= 0.3 is 0 Å². The fourth-order valence-electron chi connectivity index (χ4n) is 2.92. The van der Waals surface area contributed by atoms with Crippen LogP contribution in [0.4, 0.5) is 5.13 Å². The summed E-state index contributed by atoms with van der Waals surface area (Å²) in [5.74, 6) is -0.178. The molecular weight excluding hydrogens is 352 g/mol. The molecule has 0 spiro atoms. The number of anilines is 1. The average Bonchev–Trinajstić information content (AvgIpc) is 3.09. The van der Waals surface area contributed by atoms with Gasteiger partial charge in [-0.1, -0.05) is 25.2 Å². The van der Waals surface area contributed by atoms with Crippen molar-refractivity contribution in [3.63, 3.8) is 0 Å². The summed E-state index contributed by atoms with van der Waals surface area (Å²) in [5, 5.41) is 3.70. The summed E-state index contributed by atoms with van der Waals surface area (Å²) >= 11 is 1.37. The van der Waals surface area contributed by atoms with Crippen molar-refractivity contribution < 1.29 is 4.79 Å². The van der Waals surface area contributed by atoms with Gasteiger partial charge in [-0.15, -0.1) is 0 Å². The maximum atomic E-state index is 12.7. The zero-order valence-electron chi connectivity index (χ0n) is 15.6. The third-order valence-corrected chi connectivity index (χ3v) is 5.89. The summed E-state index contributed by atoms with van der Waals surface area (Å²) in [6, 6.07) is 0.0895. The molecule has 1 aliphatic heterocycles. The first kappa shape index (κ1) is 18.8. The lowest BCUT2D eigenvalue weighted by molar-refractivity contribution is -0.122. The van der Waals surface area contributed by atoms with Crippen LogP contribution in [0.25, 0.3) is 10.3 Å². The summed E-state index contributed by atoms with van der Waals surface area (Å²) in [5.41, 5.74) is 0.261. The van der Waals surface area contributed by atoms with Crippen LogP contribution < -0.4 is 15.8 Å². The first-order valence-corrected chi connectivity index (χ1v) is 9.96. The molecule has 0 bridgehead atoms. The number of nitrogens with zero attached hydrogens (tertiary/aromatic N) is 5. The molecule has 1 aliphatic rings. The van der Waals surface area contributed by atoms with E-state index in [0.29, 0.717) is 10.3 Å². The Labute approximate surface area is 156 Å². The summed E-state index contributed by atoms with van der Waals surface area (Å²) in [6.45, 7) is 10.9. The van der Waals surface area contributed by atoms with Crippen molar-refractivity contribution >= 4 is 32.7 Å². The van der Waals surface area contributed by atoms with Crippen LogP contribution in [0.2, 0.25) is 0 Å². The molecule has 9 heteroatoms. The van der Waals surface area contributed by atoms with Crippen molar-refractivity contribution in [2.45, 2.75) is 39.8 Å². The molecule has 8 nitrogen and oxygen atoms in total. The standard InChI is InChI=1S/C17H26N6O2S/c1-4-12(3)19-13(24)10-23-11-18-15-14(16(23)25)26-17(20-15)22-8-6-21(5-2)7-9-22/h11-12H,4-10H2,1-3H3,(H,19,24). The number of hydrogen-bond acceptors (Lipinski definition) is 7. The molecule has 1 amide bonds. The van der Waals surface area contributed by atoms with Gasteiger partial charge in [0.05, 0.1) is 0 Å². The second kappa shape index (κ2) is 8.13. The van der Waals surface area contributed by atoms with Crippen LogP contribution in [0, 0.1) is 0 Å². The van der Waals surface area contributed by atoms with E-state index in [0.717, 1.165) is 44.3 Å². The zero-order valence-corrected chi connectivity index (χ0v) is 16.4. The number of thiazole rings is 1. The molecule has 2 aromatic heterocycles. The SMILES string of the molecule is CCC(C)NC(=O)Cn1cnc2nc(N3CCN(CC)CC3)sc2c1=O. The van der Waals surface area contributed by atoms with Crippen LogP contribution >= 0.6 is 11.3 Å². The molecule has 0 radical (unpaired) electrons. The molecule has 0 aliphatic carbocycles. The predicted molar refractivity (Wildman–Crippen MR) is 104 cm³/mol. The molecule has 1 unspecified atom stereocenters. The van der Waals surface area contributed by atoms with E-state index in [1.807, 2.05) is 13.8 Å². The minimum Gasteiger partial charge on any atom is -0.352 e. The van der Waals surface area contributed by atoms with Gasteiger partial charge in [-0.05, 0) is 19.9 Å². The highest BCUT2D eigenvalue weighted by atomic mass is 32.1. The van der Waals surface area contributed by atoms with Gasteiger partial charge in [0.15, 0.2) is 10.8 Å². The number of aromatic nitrogens is 3. The van der Waals surface area contributed by atoms with Gasteiger partial charge in [0, 0.05) is 32.2 Å². The van der Waals surface area contributed by atoms with E-state index in [-0.39, 0.29) is 24.1 Å². The van der Waals surface area contributed by atoms with Crippen LogP contribution in [0.5, 0.6) is 0 Å². The third-order valence-electron chi connectivity index (χ3n) is 4.80. The molecule has 1 fully saturated rings. The smallest absolute Gasteiger partial charge is 0.273 e. The Morgan fingerprint density at radius 2 is 2.04 bits per heavy atom. The van der Waals surface area contributed by atoms with Crippen LogP contribution in [0.3, 0.4) is 0 Å². The molecule has 2 aromatic rings. The fourth-order valence-corrected chi connectivity index (χ4v) is 3.94. The molecule has 142 valence electrons. The Bertz CT molecular complexity index is 824. The molecule has 1 saturated heterocycles. The Kier molecular flexibility index (Phi) is 5.87. The zero-order chi connectivity index (χ0) is 18.7. The number of carbonyl (C=O) groups excluding carboxylic acids is 1. The van der Waals surface area contributed by atoms with Gasteiger partial charge in [-0.3, -0.25) is 14.2 Å². The lowest BCUT2D eigenvalue weighted by Crippen LogP contribution is -2.46. The largest absolute Gasteiger partial charge is 0.352 e. The fraction of sp³-hybridized carbons (Fsp3) is 0.647. The Morgan fingerprint density at radius 3 is 2.69 bits per heavy atom. The van der Waals surface area contributed by atoms with Crippen LogP contribution in [-0.2, 0) is 11.3 Å².